The highest BCUT2D eigenvalue weighted by atomic mass is 16.6. The van der Waals surface area contributed by atoms with Gasteiger partial charge in [0.25, 0.3) is 0 Å². The monoisotopic (exact) mass is 400 g/mol. The van der Waals surface area contributed by atoms with E-state index in [0.717, 1.165) is 0 Å². The minimum Gasteiger partial charge on any atom is -0.479 e. The van der Waals surface area contributed by atoms with Crippen molar-refractivity contribution in [3.63, 3.8) is 0 Å². The van der Waals surface area contributed by atoms with Crippen molar-refractivity contribution in [2.24, 2.45) is 0 Å². The van der Waals surface area contributed by atoms with Gasteiger partial charge in [-0.25, -0.2) is 14.4 Å². The van der Waals surface area contributed by atoms with E-state index in [0.29, 0.717) is 16.2 Å². The SMILES string of the molecule is COC(=O)[C@H](C)Oc1cc(O[C@H](C)C(=O)OC)cc2oc(=O)c3ccccc3c12. The molecule has 0 radical (unpaired) electrons. The second kappa shape index (κ2) is 8.22. The van der Waals surface area contributed by atoms with Gasteiger partial charge in [-0.1, -0.05) is 18.2 Å². The third-order valence-electron chi connectivity index (χ3n) is 4.34. The summed E-state index contributed by atoms with van der Waals surface area (Å²) in [6.07, 6.45) is -1.84. The average Bonchev–Trinajstić information content (AvgIpc) is 2.72. The zero-order valence-electron chi connectivity index (χ0n) is 16.4. The highest BCUT2D eigenvalue weighted by Crippen LogP contribution is 2.36. The molecule has 8 heteroatoms. The second-order valence-corrected chi connectivity index (χ2v) is 6.30. The van der Waals surface area contributed by atoms with Crippen molar-refractivity contribution < 1.29 is 33.0 Å². The lowest BCUT2D eigenvalue weighted by Crippen LogP contribution is -2.26. The molecule has 152 valence electrons. The zero-order chi connectivity index (χ0) is 21.1. The van der Waals surface area contributed by atoms with Gasteiger partial charge < -0.3 is 23.4 Å². The van der Waals surface area contributed by atoms with Crippen LogP contribution in [0.5, 0.6) is 11.5 Å². The predicted octanol–water partition coefficient (Wildman–Crippen LogP) is 2.83. The summed E-state index contributed by atoms with van der Waals surface area (Å²) in [5.41, 5.74) is -0.339. The predicted molar refractivity (Wildman–Crippen MR) is 104 cm³/mol. The van der Waals surface area contributed by atoms with Gasteiger partial charge in [-0.3, -0.25) is 0 Å². The van der Waals surface area contributed by atoms with E-state index >= 15 is 0 Å². The van der Waals surface area contributed by atoms with E-state index in [9.17, 15) is 14.4 Å². The van der Waals surface area contributed by atoms with Gasteiger partial charge in [-0.2, -0.15) is 0 Å². The number of hydrogen-bond donors (Lipinski definition) is 0. The molecule has 0 bridgehead atoms. The molecule has 0 saturated heterocycles. The van der Waals surface area contributed by atoms with Gasteiger partial charge in [0, 0.05) is 17.5 Å². The zero-order valence-corrected chi connectivity index (χ0v) is 16.4. The van der Waals surface area contributed by atoms with Crippen molar-refractivity contribution in [2.75, 3.05) is 14.2 Å². The fourth-order valence-electron chi connectivity index (χ4n) is 2.93. The molecular weight excluding hydrogens is 380 g/mol. The Kier molecular flexibility index (Phi) is 5.72. The van der Waals surface area contributed by atoms with Gasteiger partial charge in [0.05, 0.1) is 25.0 Å². The molecule has 0 aliphatic carbocycles. The largest absolute Gasteiger partial charge is 0.479 e. The molecule has 0 amide bonds. The van der Waals surface area contributed by atoms with Gasteiger partial charge in [0.2, 0.25) is 0 Å². The van der Waals surface area contributed by atoms with Crippen LogP contribution < -0.4 is 15.1 Å². The minimum atomic E-state index is -0.929. The van der Waals surface area contributed by atoms with Crippen molar-refractivity contribution in [3.8, 4) is 11.5 Å². The summed E-state index contributed by atoms with van der Waals surface area (Å²) >= 11 is 0. The molecule has 0 aliphatic rings. The van der Waals surface area contributed by atoms with E-state index in [1.54, 1.807) is 24.3 Å². The molecule has 0 spiro atoms. The van der Waals surface area contributed by atoms with Crippen LogP contribution in [0.25, 0.3) is 21.7 Å². The fraction of sp³-hybridized carbons (Fsp3) is 0.286. The van der Waals surface area contributed by atoms with Crippen LogP contribution in [0.3, 0.4) is 0 Å². The summed E-state index contributed by atoms with van der Waals surface area (Å²) in [6, 6.07) is 9.89. The Morgan fingerprint density at radius 2 is 1.48 bits per heavy atom. The Bertz CT molecular complexity index is 1130. The Hall–Kier alpha value is -3.55. The van der Waals surface area contributed by atoms with Gasteiger partial charge in [0.1, 0.15) is 17.1 Å². The summed E-state index contributed by atoms with van der Waals surface area (Å²) in [7, 11) is 2.51. The Balaban J connectivity index is 2.21. The minimum absolute atomic E-state index is 0.190. The van der Waals surface area contributed by atoms with Crippen LogP contribution in [-0.2, 0) is 19.1 Å². The second-order valence-electron chi connectivity index (χ2n) is 6.30. The van der Waals surface area contributed by atoms with Gasteiger partial charge in [0.15, 0.2) is 12.2 Å². The molecule has 0 N–H and O–H groups in total. The summed E-state index contributed by atoms with van der Waals surface area (Å²) in [5, 5.41) is 1.46. The van der Waals surface area contributed by atoms with Crippen LogP contribution in [-0.4, -0.2) is 38.4 Å². The third-order valence-corrected chi connectivity index (χ3v) is 4.34. The number of hydrogen-bond acceptors (Lipinski definition) is 8. The highest BCUT2D eigenvalue weighted by molar-refractivity contribution is 6.08. The molecule has 29 heavy (non-hydrogen) atoms. The van der Waals surface area contributed by atoms with Crippen LogP contribution in [0.4, 0.5) is 0 Å². The summed E-state index contributed by atoms with van der Waals surface area (Å²) in [4.78, 5) is 35.9. The van der Waals surface area contributed by atoms with E-state index in [2.05, 4.69) is 4.74 Å². The summed E-state index contributed by atoms with van der Waals surface area (Å²) in [5.74, 6) is -0.696. The molecule has 0 aliphatic heterocycles. The number of esters is 2. The van der Waals surface area contributed by atoms with E-state index < -0.39 is 29.8 Å². The number of benzene rings is 2. The summed E-state index contributed by atoms with van der Waals surface area (Å²) in [6.45, 7) is 3.05. The lowest BCUT2D eigenvalue weighted by atomic mass is 10.1. The number of rotatable bonds is 6. The van der Waals surface area contributed by atoms with Crippen molar-refractivity contribution >= 4 is 33.7 Å². The normalized spacial score (nSPS) is 13.0. The van der Waals surface area contributed by atoms with E-state index in [1.165, 1.54) is 40.2 Å². The quantitative estimate of drug-likeness (QED) is 0.354. The molecule has 3 aromatic rings. The molecule has 1 aromatic heterocycles. The average molecular weight is 400 g/mol. The molecule has 0 unspecified atom stereocenters. The van der Waals surface area contributed by atoms with E-state index in [-0.39, 0.29) is 17.1 Å². The number of fused-ring (bicyclic) bond motifs is 3. The molecule has 0 fully saturated rings. The standard InChI is InChI=1S/C21H20O8/c1-11(19(22)25-3)27-13-9-16(28-12(2)20(23)26-4)18-14-7-5-6-8-15(14)21(24)29-17(18)10-13/h5-12H,1-4H3/t11-,12+/m1/s1. The Labute approximate surface area is 165 Å². The first-order chi connectivity index (χ1) is 13.8. The summed E-state index contributed by atoms with van der Waals surface area (Å²) < 4.78 is 26.2. The van der Waals surface area contributed by atoms with Crippen molar-refractivity contribution in [1.82, 2.24) is 0 Å². The molecule has 8 nitrogen and oxygen atoms in total. The fourth-order valence-corrected chi connectivity index (χ4v) is 2.93. The molecule has 0 saturated carbocycles. The first kappa shape index (κ1) is 20.2. The lowest BCUT2D eigenvalue weighted by molar-refractivity contribution is -0.148. The molecule has 2 atom stereocenters. The number of carbonyl (C=O) groups excluding carboxylic acids is 2. The van der Waals surface area contributed by atoms with Gasteiger partial charge in [-0.05, 0) is 19.9 Å². The van der Waals surface area contributed by atoms with Crippen molar-refractivity contribution in [2.45, 2.75) is 26.1 Å². The molecular formula is C21H20O8. The Morgan fingerprint density at radius 3 is 2.10 bits per heavy atom. The van der Waals surface area contributed by atoms with Crippen molar-refractivity contribution in [1.29, 1.82) is 0 Å². The maximum Gasteiger partial charge on any atom is 0.346 e. The molecule has 2 aromatic carbocycles. The van der Waals surface area contributed by atoms with Gasteiger partial charge >= 0.3 is 17.6 Å². The van der Waals surface area contributed by atoms with Crippen LogP contribution in [0.15, 0.2) is 45.6 Å². The smallest absolute Gasteiger partial charge is 0.346 e. The van der Waals surface area contributed by atoms with Crippen LogP contribution >= 0.6 is 0 Å². The van der Waals surface area contributed by atoms with E-state index in [1.807, 2.05) is 0 Å². The number of methoxy groups -OCH3 is 2. The van der Waals surface area contributed by atoms with Crippen LogP contribution in [0.2, 0.25) is 0 Å². The highest BCUT2D eigenvalue weighted by Gasteiger charge is 2.22. The first-order valence-electron chi connectivity index (χ1n) is 8.84. The number of carbonyl (C=O) groups is 2. The maximum absolute atomic E-state index is 12.4. The Morgan fingerprint density at radius 1 is 0.897 bits per heavy atom. The first-order valence-corrected chi connectivity index (χ1v) is 8.84. The third kappa shape index (κ3) is 4.01. The van der Waals surface area contributed by atoms with Crippen molar-refractivity contribution in [3.05, 3.63) is 46.8 Å². The molecule has 3 rings (SSSR count). The van der Waals surface area contributed by atoms with Crippen LogP contribution in [0.1, 0.15) is 13.8 Å². The van der Waals surface area contributed by atoms with Gasteiger partial charge in [-0.15, -0.1) is 0 Å². The van der Waals surface area contributed by atoms with E-state index in [4.69, 9.17) is 18.6 Å². The lowest BCUT2D eigenvalue weighted by Gasteiger charge is -2.18. The molecule has 1 heterocycles. The maximum atomic E-state index is 12.4. The number of ether oxygens (including phenoxy) is 4. The van der Waals surface area contributed by atoms with Crippen LogP contribution in [0, 0.1) is 0 Å². The topological polar surface area (TPSA) is 101 Å².